The van der Waals surface area contributed by atoms with Crippen molar-refractivity contribution in [1.82, 2.24) is 10.6 Å². The van der Waals surface area contributed by atoms with Crippen LogP contribution in [0.1, 0.15) is 16.7 Å². The molecule has 1 unspecified atom stereocenters. The Kier molecular flexibility index (Phi) is 4.95. The number of hydrogen-bond acceptors (Lipinski definition) is 4. The van der Waals surface area contributed by atoms with Gasteiger partial charge >= 0.3 is 6.03 Å². The lowest BCUT2D eigenvalue weighted by Crippen LogP contribution is -2.37. The zero-order valence-corrected chi connectivity index (χ0v) is 13.6. The lowest BCUT2D eigenvalue weighted by atomic mass is 10.2. The van der Waals surface area contributed by atoms with Crippen molar-refractivity contribution in [2.45, 2.75) is 12.6 Å². The molecule has 2 aromatic heterocycles. The number of ether oxygens (including phenoxy) is 1. The van der Waals surface area contributed by atoms with Crippen molar-refractivity contribution in [2.24, 2.45) is 0 Å². The Morgan fingerprint density at radius 1 is 1.26 bits per heavy atom. The van der Waals surface area contributed by atoms with Crippen molar-refractivity contribution >= 4 is 28.3 Å². The molecule has 1 atom stereocenters. The molecule has 0 saturated carbocycles. The number of nitrogens with one attached hydrogen (secondary N) is 2. The van der Waals surface area contributed by atoms with E-state index in [4.69, 9.17) is 9.15 Å². The Morgan fingerprint density at radius 2 is 2.13 bits per heavy atom. The Labute approximate surface area is 138 Å². The van der Waals surface area contributed by atoms with Gasteiger partial charge in [0.25, 0.3) is 0 Å². The highest BCUT2D eigenvalue weighted by molar-refractivity contribution is 7.09. The molecule has 3 aromatic rings. The molecule has 0 fully saturated rings. The van der Waals surface area contributed by atoms with Gasteiger partial charge < -0.3 is 19.8 Å². The van der Waals surface area contributed by atoms with Crippen LogP contribution in [0.5, 0.6) is 0 Å². The van der Waals surface area contributed by atoms with E-state index in [1.807, 2.05) is 47.8 Å². The van der Waals surface area contributed by atoms with Crippen molar-refractivity contribution < 1.29 is 13.9 Å². The maximum atomic E-state index is 11.9. The van der Waals surface area contributed by atoms with Gasteiger partial charge in [-0.3, -0.25) is 0 Å². The summed E-state index contributed by atoms with van der Waals surface area (Å²) in [6.07, 6.45) is -0.324. The Bertz CT molecular complexity index is 734. The van der Waals surface area contributed by atoms with Gasteiger partial charge in [0.2, 0.25) is 0 Å². The first-order valence-corrected chi connectivity index (χ1v) is 8.19. The van der Waals surface area contributed by atoms with Crippen molar-refractivity contribution in [2.75, 3.05) is 13.7 Å². The van der Waals surface area contributed by atoms with Gasteiger partial charge in [-0.15, -0.1) is 11.3 Å². The molecule has 5 nitrogen and oxygen atoms in total. The molecule has 2 N–H and O–H groups in total. The summed E-state index contributed by atoms with van der Waals surface area (Å²) in [5, 5.41) is 8.63. The van der Waals surface area contributed by atoms with Gasteiger partial charge in [0.1, 0.15) is 17.4 Å². The summed E-state index contributed by atoms with van der Waals surface area (Å²) in [6, 6.07) is 13.4. The summed E-state index contributed by atoms with van der Waals surface area (Å²) < 4.78 is 11.2. The van der Waals surface area contributed by atoms with Crippen molar-refractivity contribution in [1.29, 1.82) is 0 Å². The van der Waals surface area contributed by atoms with E-state index in [0.29, 0.717) is 18.8 Å². The third-order valence-corrected chi connectivity index (χ3v) is 4.37. The van der Waals surface area contributed by atoms with E-state index < -0.39 is 0 Å². The number of furan rings is 1. The number of thiophene rings is 1. The van der Waals surface area contributed by atoms with Gasteiger partial charge in [0.05, 0.1) is 13.1 Å². The lowest BCUT2D eigenvalue weighted by Gasteiger charge is -2.14. The number of hydrogen-bond donors (Lipinski definition) is 2. The van der Waals surface area contributed by atoms with Gasteiger partial charge in [-0.25, -0.2) is 4.79 Å². The van der Waals surface area contributed by atoms with Gasteiger partial charge in [-0.1, -0.05) is 24.3 Å². The van der Waals surface area contributed by atoms with Crippen LogP contribution in [0.3, 0.4) is 0 Å². The van der Waals surface area contributed by atoms with E-state index in [2.05, 4.69) is 10.6 Å². The fraction of sp³-hybridized carbons (Fsp3) is 0.235. The summed E-state index contributed by atoms with van der Waals surface area (Å²) in [7, 11) is 1.60. The third kappa shape index (κ3) is 3.91. The Balaban J connectivity index is 1.55. The van der Waals surface area contributed by atoms with Crippen LogP contribution < -0.4 is 10.6 Å². The molecule has 0 aliphatic heterocycles. The molecule has 1 aromatic carbocycles. The van der Waals surface area contributed by atoms with Crippen molar-refractivity contribution in [3.05, 3.63) is 58.5 Å². The second-order valence-electron chi connectivity index (χ2n) is 5.05. The molecule has 2 heterocycles. The second-order valence-corrected chi connectivity index (χ2v) is 6.09. The fourth-order valence-electron chi connectivity index (χ4n) is 2.29. The van der Waals surface area contributed by atoms with Crippen LogP contribution in [0, 0.1) is 0 Å². The predicted molar refractivity (Wildman–Crippen MR) is 90.5 cm³/mol. The normalized spacial score (nSPS) is 12.2. The first-order chi connectivity index (χ1) is 11.3. The molecule has 0 aliphatic carbocycles. The number of fused-ring (bicyclic) bond motifs is 1. The summed E-state index contributed by atoms with van der Waals surface area (Å²) in [6.45, 7) is 0.860. The van der Waals surface area contributed by atoms with Gasteiger partial charge in [0, 0.05) is 17.4 Å². The monoisotopic (exact) mass is 330 g/mol. The van der Waals surface area contributed by atoms with E-state index in [1.165, 1.54) is 0 Å². The maximum Gasteiger partial charge on any atom is 0.315 e. The standard InChI is InChI=1S/C17H18N2O3S/c1-21-16(15-9-12-5-2-3-7-14(12)22-15)11-19-17(20)18-10-13-6-4-8-23-13/h2-9,16H,10-11H2,1H3,(H2,18,19,20). The van der Waals surface area contributed by atoms with E-state index in [0.717, 1.165) is 15.8 Å². The average molecular weight is 330 g/mol. The summed E-state index contributed by atoms with van der Waals surface area (Å²) in [5.41, 5.74) is 0.812. The summed E-state index contributed by atoms with van der Waals surface area (Å²) >= 11 is 1.61. The minimum atomic E-state index is -0.324. The van der Waals surface area contributed by atoms with Crippen LogP contribution in [-0.2, 0) is 11.3 Å². The largest absolute Gasteiger partial charge is 0.458 e. The number of para-hydroxylation sites is 1. The summed E-state index contributed by atoms with van der Waals surface area (Å²) in [4.78, 5) is 13.0. The average Bonchev–Trinajstić information content (AvgIpc) is 3.22. The van der Waals surface area contributed by atoms with Gasteiger partial charge in [-0.05, 0) is 23.6 Å². The lowest BCUT2D eigenvalue weighted by molar-refractivity contribution is 0.0865. The van der Waals surface area contributed by atoms with Crippen LogP contribution in [0.4, 0.5) is 4.79 Å². The highest BCUT2D eigenvalue weighted by atomic mass is 32.1. The van der Waals surface area contributed by atoms with E-state index in [1.54, 1.807) is 18.4 Å². The highest BCUT2D eigenvalue weighted by Crippen LogP contribution is 2.25. The SMILES string of the molecule is COC(CNC(=O)NCc1cccs1)c1cc2ccccc2o1. The number of carbonyl (C=O) groups is 1. The van der Waals surface area contributed by atoms with E-state index in [9.17, 15) is 4.79 Å². The Hall–Kier alpha value is -2.31. The number of benzene rings is 1. The van der Waals surface area contributed by atoms with Crippen molar-refractivity contribution in [3.8, 4) is 0 Å². The van der Waals surface area contributed by atoms with Gasteiger partial charge in [0.15, 0.2) is 0 Å². The molecule has 120 valence electrons. The third-order valence-electron chi connectivity index (χ3n) is 3.50. The summed E-state index contributed by atoms with van der Waals surface area (Å²) in [5.74, 6) is 0.701. The highest BCUT2D eigenvalue weighted by Gasteiger charge is 2.16. The zero-order chi connectivity index (χ0) is 16.1. The predicted octanol–water partition coefficient (Wildman–Crippen LogP) is 3.68. The number of methoxy groups -OCH3 is 1. The molecule has 0 bridgehead atoms. The first kappa shape index (κ1) is 15.6. The molecule has 0 saturated heterocycles. The second kappa shape index (κ2) is 7.30. The molecule has 23 heavy (non-hydrogen) atoms. The molecule has 2 amide bonds. The maximum absolute atomic E-state index is 11.9. The number of rotatable bonds is 6. The van der Waals surface area contributed by atoms with Crippen LogP contribution in [0.15, 0.2) is 52.3 Å². The van der Waals surface area contributed by atoms with Crippen molar-refractivity contribution in [3.63, 3.8) is 0 Å². The zero-order valence-electron chi connectivity index (χ0n) is 12.7. The molecule has 6 heteroatoms. The Morgan fingerprint density at radius 3 is 2.87 bits per heavy atom. The quantitative estimate of drug-likeness (QED) is 0.724. The minimum Gasteiger partial charge on any atom is -0.458 e. The smallest absolute Gasteiger partial charge is 0.315 e. The topological polar surface area (TPSA) is 63.5 Å². The number of carbonyl (C=O) groups excluding carboxylic acids is 1. The van der Waals surface area contributed by atoms with E-state index >= 15 is 0 Å². The van der Waals surface area contributed by atoms with Crippen LogP contribution in [0.2, 0.25) is 0 Å². The first-order valence-electron chi connectivity index (χ1n) is 7.31. The van der Waals surface area contributed by atoms with Crippen LogP contribution in [-0.4, -0.2) is 19.7 Å². The molecular formula is C17H18N2O3S. The van der Waals surface area contributed by atoms with E-state index in [-0.39, 0.29) is 12.1 Å². The number of urea groups is 1. The molecule has 0 spiro atoms. The van der Waals surface area contributed by atoms with Crippen LogP contribution in [0.25, 0.3) is 11.0 Å². The van der Waals surface area contributed by atoms with Crippen LogP contribution >= 0.6 is 11.3 Å². The number of amides is 2. The van der Waals surface area contributed by atoms with Gasteiger partial charge in [-0.2, -0.15) is 0 Å². The fourth-order valence-corrected chi connectivity index (χ4v) is 2.93. The molecule has 3 rings (SSSR count). The molecule has 0 radical (unpaired) electrons. The molecule has 0 aliphatic rings. The minimum absolute atomic E-state index is 0.225. The molecular weight excluding hydrogens is 312 g/mol.